The number of nitro benzene ring substituents is 1. The van der Waals surface area contributed by atoms with Crippen LogP contribution in [0.3, 0.4) is 0 Å². The predicted molar refractivity (Wildman–Crippen MR) is 101 cm³/mol. The zero-order chi connectivity index (χ0) is 17.8. The molecule has 1 aromatic heterocycles. The largest absolute Gasteiger partial charge is 0.455 e. The van der Waals surface area contributed by atoms with Crippen molar-refractivity contribution in [2.45, 2.75) is 0 Å². The normalized spacial score (nSPS) is 11.0. The highest BCUT2D eigenvalue weighted by Gasteiger charge is 2.14. The smallest absolute Gasteiger partial charge is 0.270 e. The average molecular weight is 421 g/mol. The lowest BCUT2D eigenvalue weighted by Crippen LogP contribution is -1.89. The van der Waals surface area contributed by atoms with E-state index in [1.807, 2.05) is 24.3 Å². The highest BCUT2D eigenvalue weighted by molar-refractivity contribution is 9.10. The molecule has 0 aliphatic rings. The van der Waals surface area contributed by atoms with Gasteiger partial charge >= 0.3 is 0 Å². The molecule has 6 nitrogen and oxygen atoms in total. The second-order valence-corrected chi connectivity index (χ2v) is 6.32. The number of nitrogens with zero attached hydrogens (tertiary/aromatic N) is 2. The topological polar surface area (TPSA) is 80.7 Å². The summed E-state index contributed by atoms with van der Waals surface area (Å²) in [4.78, 5) is 10.4. The molecule has 0 saturated heterocycles. The van der Waals surface area contributed by atoms with Crippen LogP contribution < -0.4 is 5.43 Å². The minimum absolute atomic E-state index is 0.0528. The van der Waals surface area contributed by atoms with Crippen LogP contribution in [0.1, 0.15) is 5.76 Å². The van der Waals surface area contributed by atoms with Crippen molar-refractivity contribution < 1.29 is 9.34 Å². The summed E-state index contributed by atoms with van der Waals surface area (Å²) in [7, 11) is 0. The van der Waals surface area contributed by atoms with Crippen molar-refractivity contribution in [1.29, 1.82) is 0 Å². The Hall–Kier alpha value is -2.64. The maximum atomic E-state index is 10.9. The van der Waals surface area contributed by atoms with Crippen molar-refractivity contribution in [1.82, 2.24) is 0 Å². The summed E-state index contributed by atoms with van der Waals surface area (Å²) in [6, 6.07) is 15.1. The third-order valence-corrected chi connectivity index (χ3v) is 4.14. The van der Waals surface area contributed by atoms with Crippen LogP contribution >= 0.6 is 27.5 Å². The van der Waals surface area contributed by atoms with Crippen molar-refractivity contribution >= 4 is 45.1 Å². The molecule has 0 radical (unpaired) electrons. The molecule has 25 heavy (non-hydrogen) atoms. The van der Waals surface area contributed by atoms with Gasteiger partial charge in [0.05, 0.1) is 21.8 Å². The van der Waals surface area contributed by atoms with Crippen LogP contribution in [0.15, 0.2) is 68.6 Å². The Morgan fingerprint density at radius 1 is 1.16 bits per heavy atom. The molecule has 0 fully saturated rings. The van der Waals surface area contributed by atoms with E-state index in [0.29, 0.717) is 22.1 Å². The number of anilines is 1. The lowest BCUT2D eigenvalue weighted by Gasteiger charge is -2.01. The van der Waals surface area contributed by atoms with Crippen molar-refractivity contribution in [3.8, 4) is 11.3 Å². The molecular weight excluding hydrogens is 410 g/mol. The standard InChI is InChI=1S/C17H11BrClN3O3/c18-11-1-3-12(4-2-11)21-20-10-14-6-8-17(25-14)15-9-13(22(23)24)5-7-16(15)19/h1-10,21H/b20-10+. The molecule has 3 aromatic rings. The fraction of sp³-hybridized carbons (Fsp3) is 0. The van der Waals surface area contributed by atoms with E-state index in [1.165, 1.54) is 24.4 Å². The molecule has 0 aliphatic heterocycles. The molecule has 0 bridgehead atoms. The molecule has 8 heteroatoms. The summed E-state index contributed by atoms with van der Waals surface area (Å²) >= 11 is 9.47. The summed E-state index contributed by atoms with van der Waals surface area (Å²) < 4.78 is 6.62. The summed E-state index contributed by atoms with van der Waals surface area (Å²) in [6.45, 7) is 0. The van der Waals surface area contributed by atoms with Crippen LogP contribution in [0.5, 0.6) is 0 Å². The van der Waals surface area contributed by atoms with Gasteiger partial charge in [-0.05, 0) is 42.5 Å². The van der Waals surface area contributed by atoms with Gasteiger partial charge in [0.25, 0.3) is 5.69 Å². The number of rotatable bonds is 5. The van der Waals surface area contributed by atoms with E-state index in [1.54, 1.807) is 12.1 Å². The van der Waals surface area contributed by atoms with E-state index < -0.39 is 4.92 Å². The second kappa shape index (κ2) is 7.50. The lowest BCUT2D eigenvalue weighted by molar-refractivity contribution is -0.384. The van der Waals surface area contributed by atoms with E-state index >= 15 is 0 Å². The van der Waals surface area contributed by atoms with E-state index in [-0.39, 0.29) is 5.69 Å². The maximum Gasteiger partial charge on any atom is 0.270 e. The van der Waals surface area contributed by atoms with Crippen molar-refractivity contribution in [3.05, 3.63) is 80.0 Å². The first-order valence-corrected chi connectivity index (χ1v) is 8.29. The molecule has 3 rings (SSSR count). The van der Waals surface area contributed by atoms with Crippen LogP contribution in [0.25, 0.3) is 11.3 Å². The number of hydrogen-bond donors (Lipinski definition) is 1. The van der Waals surface area contributed by atoms with Gasteiger partial charge in [-0.15, -0.1) is 0 Å². The van der Waals surface area contributed by atoms with E-state index in [9.17, 15) is 10.1 Å². The Kier molecular flexibility index (Phi) is 5.16. The summed E-state index contributed by atoms with van der Waals surface area (Å²) in [5.41, 5.74) is 4.11. The molecule has 2 aromatic carbocycles. The first-order chi connectivity index (χ1) is 12.0. The fourth-order valence-electron chi connectivity index (χ4n) is 2.08. The Labute approximate surface area is 156 Å². The SMILES string of the molecule is O=[N+]([O-])c1ccc(Cl)c(-c2ccc(/C=N/Nc3ccc(Br)cc3)o2)c1. The van der Waals surface area contributed by atoms with Crippen molar-refractivity contribution in [2.24, 2.45) is 5.10 Å². The van der Waals surface area contributed by atoms with Crippen molar-refractivity contribution in [2.75, 3.05) is 5.43 Å². The van der Waals surface area contributed by atoms with Gasteiger partial charge in [0, 0.05) is 22.2 Å². The fourth-order valence-corrected chi connectivity index (χ4v) is 2.55. The molecule has 1 N–H and O–H groups in total. The van der Waals surface area contributed by atoms with Crippen LogP contribution in [0.4, 0.5) is 11.4 Å². The Morgan fingerprint density at radius 2 is 1.92 bits per heavy atom. The van der Waals surface area contributed by atoms with Gasteiger partial charge in [0.1, 0.15) is 11.5 Å². The van der Waals surface area contributed by atoms with Gasteiger partial charge in [-0.2, -0.15) is 5.10 Å². The Bertz CT molecular complexity index is 939. The number of halogens is 2. The maximum absolute atomic E-state index is 10.9. The number of non-ortho nitro benzene ring substituents is 1. The molecule has 0 aliphatic carbocycles. The van der Waals surface area contributed by atoms with Gasteiger partial charge in [-0.1, -0.05) is 27.5 Å². The van der Waals surface area contributed by atoms with Crippen molar-refractivity contribution in [3.63, 3.8) is 0 Å². The molecule has 0 atom stereocenters. The monoisotopic (exact) mass is 419 g/mol. The van der Waals surface area contributed by atoms with Gasteiger partial charge < -0.3 is 4.42 Å². The van der Waals surface area contributed by atoms with E-state index in [2.05, 4.69) is 26.5 Å². The third-order valence-electron chi connectivity index (χ3n) is 3.28. The molecular formula is C17H11BrClN3O3. The van der Waals surface area contributed by atoms with Crippen LogP contribution in [0.2, 0.25) is 5.02 Å². The van der Waals surface area contributed by atoms with Crippen LogP contribution in [-0.4, -0.2) is 11.1 Å². The van der Waals surface area contributed by atoms with E-state index in [0.717, 1.165) is 10.2 Å². The first-order valence-electron chi connectivity index (χ1n) is 7.12. The summed E-state index contributed by atoms with van der Waals surface area (Å²) in [6.07, 6.45) is 1.51. The number of benzene rings is 2. The van der Waals surface area contributed by atoms with Crippen LogP contribution in [0, 0.1) is 10.1 Å². The highest BCUT2D eigenvalue weighted by atomic mass is 79.9. The molecule has 1 heterocycles. The average Bonchev–Trinajstić information content (AvgIpc) is 3.05. The quantitative estimate of drug-likeness (QED) is 0.325. The second-order valence-electron chi connectivity index (χ2n) is 5.00. The molecule has 0 unspecified atom stereocenters. The lowest BCUT2D eigenvalue weighted by atomic mass is 10.1. The molecule has 0 amide bonds. The molecule has 0 saturated carbocycles. The third kappa shape index (κ3) is 4.26. The zero-order valence-electron chi connectivity index (χ0n) is 12.6. The van der Waals surface area contributed by atoms with Crippen LogP contribution in [-0.2, 0) is 0 Å². The Morgan fingerprint density at radius 3 is 2.64 bits per heavy atom. The minimum atomic E-state index is -0.479. The van der Waals surface area contributed by atoms with Gasteiger partial charge in [0.2, 0.25) is 0 Å². The minimum Gasteiger partial charge on any atom is -0.455 e. The number of hydrazone groups is 1. The highest BCUT2D eigenvalue weighted by Crippen LogP contribution is 2.32. The first kappa shape index (κ1) is 17.2. The Balaban J connectivity index is 1.76. The summed E-state index contributed by atoms with van der Waals surface area (Å²) in [5, 5.41) is 15.4. The number of nitrogens with one attached hydrogen (secondary N) is 1. The molecule has 126 valence electrons. The molecule has 0 spiro atoms. The van der Waals surface area contributed by atoms with Gasteiger partial charge in [-0.25, -0.2) is 0 Å². The zero-order valence-corrected chi connectivity index (χ0v) is 15.0. The van der Waals surface area contributed by atoms with E-state index in [4.69, 9.17) is 16.0 Å². The number of nitro groups is 1. The van der Waals surface area contributed by atoms with Gasteiger partial charge in [0.15, 0.2) is 0 Å². The van der Waals surface area contributed by atoms with Gasteiger partial charge in [-0.3, -0.25) is 15.5 Å². The number of furan rings is 1. The summed E-state index contributed by atoms with van der Waals surface area (Å²) in [5.74, 6) is 0.918. The number of hydrogen-bond acceptors (Lipinski definition) is 5. The predicted octanol–water partition coefficient (Wildman–Crippen LogP) is 5.72.